The molecule has 1 fully saturated rings. The van der Waals surface area contributed by atoms with Gasteiger partial charge in [-0.05, 0) is 38.3 Å². The Morgan fingerprint density at radius 2 is 1.89 bits per heavy atom. The maximum absolute atomic E-state index is 12.9. The Balaban J connectivity index is 1.64. The first-order valence-corrected chi connectivity index (χ1v) is 9.86. The molecule has 148 valence electrons. The summed E-state index contributed by atoms with van der Waals surface area (Å²) in [5.41, 5.74) is 1.53. The average molecular weight is 381 g/mol. The number of benzene rings is 1. The largest absolute Gasteiger partial charge is 0.473 e. The Labute approximate surface area is 166 Å². The normalized spacial score (nSPS) is 16.1. The van der Waals surface area contributed by atoms with Crippen LogP contribution in [0.2, 0.25) is 0 Å². The van der Waals surface area contributed by atoms with Crippen LogP contribution < -0.4 is 4.74 Å². The first kappa shape index (κ1) is 19.9. The third-order valence-electron chi connectivity index (χ3n) is 5.09. The van der Waals surface area contributed by atoms with Crippen LogP contribution >= 0.6 is 0 Å². The zero-order chi connectivity index (χ0) is 19.9. The highest BCUT2D eigenvalue weighted by Gasteiger charge is 2.36. The predicted molar refractivity (Wildman–Crippen MR) is 107 cm³/mol. The first-order chi connectivity index (χ1) is 13.6. The lowest BCUT2D eigenvalue weighted by atomic mass is 10.1. The summed E-state index contributed by atoms with van der Waals surface area (Å²) in [7, 11) is 0. The smallest absolute Gasteiger partial charge is 0.256 e. The molecule has 0 N–H and O–H groups in total. The zero-order valence-electron chi connectivity index (χ0n) is 16.5. The molecule has 0 bridgehead atoms. The summed E-state index contributed by atoms with van der Waals surface area (Å²) < 4.78 is 5.68. The van der Waals surface area contributed by atoms with Gasteiger partial charge in [0, 0.05) is 31.9 Å². The van der Waals surface area contributed by atoms with E-state index in [1.54, 1.807) is 21.9 Å². The second kappa shape index (κ2) is 9.35. The second-order valence-corrected chi connectivity index (χ2v) is 6.83. The lowest BCUT2D eigenvalue weighted by Crippen LogP contribution is -2.47. The van der Waals surface area contributed by atoms with E-state index >= 15 is 0 Å². The topological polar surface area (TPSA) is 62.7 Å². The molecular weight excluding hydrogens is 354 g/mol. The van der Waals surface area contributed by atoms with E-state index in [0.717, 1.165) is 12.0 Å². The molecule has 2 heterocycles. The van der Waals surface area contributed by atoms with E-state index in [-0.39, 0.29) is 17.9 Å². The lowest BCUT2D eigenvalue weighted by Gasteiger charge is -2.29. The number of amides is 2. The summed E-state index contributed by atoms with van der Waals surface area (Å²) in [4.78, 5) is 33.4. The first-order valence-electron chi connectivity index (χ1n) is 9.86. The van der Waals surface area contributed by atoms with Crippen LogP contribution in [0.25, 0.3) is 0 Å². The molecule has 2 aromatic rings. The van der Waals surface area contributed by atoms with Gasteiger partial charge in [0.1, 0.15) is 12.6 Å². The molecule has 1 atom stereocenters. The second-order valence-electron chi connectivity index (χ2n) is 6.83. The number of likely N-dealkylation sites (N-methyl/N-ethyl adjacent to an activating group) is 1. The van der Waals surface area contributed by atoms with Gasteiger partial charge in [-0.1, -0.05) is 30.3 Å². The molecular formula is C22H27N3O3. The quantitative estimate of drug-likeness (QED) is 0.739. The highest BCUT2D eigenvalue weighted by molar-refractivity contribution is 5.97. The fourth-order valence-corrected chi connectivity index (χ4v) is 3.50. The summed E-state index contributed by atoms with van der Waals surface area (Å²) in [5, 5.41) is 0. The van der Waals surface area contributed by atoms with Crippen LogP contribution in [0.3, 0.4) is 0 Å². The Bertz CT molecular complexity index is 788. The molecule has 1 aromatic heterocycles. The standard InChI is InChI=1S/C22H27N3O3/c1-3-24(4-2)22(27)19-11-8-14-25(19)21(26)18-12-13-20(23-15-18)28-16-17-9-6-5-7-10-17/h5-7,9-10,12-13,15,19H,3-4,8,11,14,16H2,1-2H3. The third-order valence-corrected chi connectivity index (χ3v) is 5.09. The van der Waals surface area contributed by atoms with Crippen molar-refractivity contribution in [2.24, 2.45) is 0 Å². The van der Waals surface area contributed by atoms with Gasteiger partial charge in [-0.25, -0.2) is 4.98 Å². The number of nitrogens with zero attached hydrogens (tertiary/aromatic N) is 3. The Morgan fingerprint density at radius 1 is 1.14 bits per heavy atom. The van der Waals surface area contributed by atoms with Crippen molar-refractivity contribution in [1.29, 1.82) is 0 Å². The molecule has 1 aromatic carbocycles. The van der Waals surface area contributed by atoms with Gasteiger partial charge in [0.25, 0.3) is 5.91 Å². The maximum atomic E-state index is 12.9. The van der Waals surface area contributed by atoms with E-state index in [0.29, 0.717) is 44.1 Å². The molecule has 0 spiro atoms. The van der Waals surface area contributed by atoms with Crippen molar-refractivity contribution in [1.82, 2.24) is 14.8 Å². The van der Waals surface area contributed by atoms with Crippen LogP contribution in [0.4, 0.5) is 0 Å². The Kier molecular flexibility index (Phi) is 6.63. The van der Waals surface area contributed by atoms with E-state index < -0.39 is 0 Å². The van der Waals surface area contributed by atoms with Gasteiger partial charge >= 0.3 is 0 Å². The number of hydrogen-bond acceptors (Lipinski definition) is 4. The maximum Gasteiger partial charge on any atom is 0.256 e. The molecule has 0 aliphatic carbocycles. The van der Waals surface area contributed by atoms with Gasteiger partial charge in [-0.15, -0.1) is 0 Å². The Hall–Kier alpha value is -2.89. The van der Waals surface area contributed by atoms with Gasteiger partial charge in [0.2, 0.25) is 11.8 Å². The van der Waals surface area contributed by atoms with Crippen molar-refractivity contribution >= 4 is 11.8 Å². The molecule has 1 saturated heterocycles. The van der Waals surface area contributed by atoms with Crippen molar-refractivity contribution in [3.63, 3.8) is 0 Å². The van der Waals surface area contributed by atoms with Crippen LogP contribution in [-0.2, 0) is 11.4 Å². The van der Waals surface area contributed by atoms with Crippen molar-refractivity contribution < 1.29 is 14.3 Å². The van der Waals surface area contributed by atoms with Gasteiger partial charge in [-0.2, -0.15) is 0 Å². The Morgan fingerprint density at radius 3 is 2.54 bits per heavy atom. The van der Waals surface area contributed by atoms with Gasteiger partial charge in [0.15, 0.2) is 0 Å². The van der Waals surface area contributed by atoms with Crippen LogP contribution in [-0.4, -0.2) is 52.3 Å². The van der Waals surface area contributed by atoms with Crippen LogP contribution in [0.15, 0.2) is 48.7 Å². The molecule has 1 aliphatic heterocycles. The molecule has 2 amide bonds. The van der Waals surface area contributed by atoms with Gasteiger partial charge in [-0.3, -0.25) is 9.59 Å². The average Bonchev–Trinajstić information content (AvgIpc) is 3.23. The van der Waals surface area contributed by atoms with Crippen molar-refractivity contribution in [2.45, 2.75) is 39.3 Å². The number of aromatic nitrogens is 1. The fraction of sp³-hybridized carbons (Fsp3) is 0.409. The summed E-state index contributed by atoms with van der Waals surface area (Å²) in [6.45, 7) is 6.25. The highest BCUT2D eigenvalue weighted by Crippen LogP contribution is 2.22. The van der Waals surface area contributed by atoms with Crippen LogP contribution in [0.1, 0.15) is 42.6 Å². The fourth-order valence-electron chi connectivity index (χ4n) is 3.50. The number of ether oxygens (including phenoxy) is 1. The molecule has 0 radical (unpaired) electrons. The molecule has 3 rings (SSSR count). The SMILES string of the molecule is CCN(CC)C(=O)C1CCCN1C(=O)c1ccc(OCc2ccccc2)nc1. The summed E-state index contributed by atoms with van der Waals surface area (Å²) >= 11 is 0. The van der Waals surface area contributed by atoms with E-state index in [9.17, 15) is 9.59 Å². The number of pyridine rings is 1. The van der Waals surface area contributed by atoms with Crippen molar-refractivity contribution in [2.75, 3.05) is 19.6 Å². The van der Waals surface area contributed by atoms with Gasteiger partial charge < -0.3 is 14.5 Å². The van der Waals surface area contributed by atoms with Crippen molar-refractivity contribution in [3.8, 4) is 5.88 Å². The van der Waals surface area contributed by atoms with E-state index in [1.165, 1.54) is 6.20 Å². The van der Waals surface area contributed by atoms with Crippen molar-refractivity contribution in [3.05, 3.63) is 59.8 Å². The number of likely N-dealkylation sites (tertiary alicyclic amines) is 1. The molecule has 1 aliphatic rings. The molecule has 6 heteroatoms. The molecule has 0 saturated carbocycles. The summed E-state index contributed by atoms with van der Waals surface area (Å²) in [6, 6.07) is 12.9. The van der Waals surface area contributed by atoms with Crippen LogP contribution in [0.5, 0.6) is 5.88 Å². The molecule has 1 unspecified atom stereocenters. The highest BCUT2D eigenvalue weighted by atomic mass is 16.5. The van der Waals surface area contributed by atoms with Crippen LogP contribution in [0, 0.1) is 0 Å². The third kappa shape index (κ3) is 4.50. The predicted octanol–water partition coefficient (Wildman–Crippen LogP) is 3.13. The lowest BCUT2D eigenvalue weighted by molar-refractivity contribution is -0.134. The zero-order valence-corrected chi connectivity index (χ0v) is 16.5. The number of hydrogen-bond donors (Lipinski definition) is 0. The van der Waals surface area contributed by atoms with E-state index in [4.69, 9.17) is 4.74 Å². The number of rotatable bonds is 7. The summed E-state index contributed by atoms with van der Waals surface area (Å²) in [5.74, 6) is 0.356. The minimum Gasteiger partial charge on any atom is -0.473 e. The molecule has 28 heavy (non-hydrogen) atoms. The number of carbonyl (C=O) groups is 2. The summed E-state index contributed by atoms with van der Waals surface area (Å²) in [6.07, 6.45) is 3.09. The van der Waals surface area contributed by atoms with Gasteiger partial charge in [0.05, 0.1) is 5.56 Å². The minimum absolute atomic E-state index is 0.0339. The van der Waals surface area contributed by atoms with E-state index in [1.807, 2.05) is 44.2 Å². The monoisotopic (exact) mass is 381 g/mol. The number of carbonyl (C=O) groups excluding carboxylic acids is 2. The molecule has 6 nitrogen and oxygen atoms in total. The van der Waals surface area contributed by atoms with E-state index in [2.05, 4.69) is 4.98 Å². The minimum atomic E-state index is -0.374.